The Morgan fingerprint density at radius 3 is 2.56 bits per heavy atom. The Hall–Kier alpha value is -0.980. The van der Waals surface area contributed by atoms with Crippen molar-refractivity contribution in [2.75, 3.05) is 0 Å². The molecule has 0 radical (unpaired) electrons. The molecule has 2 atom stereocenters. The quantitative estimate of drug-likeness (QED) is 0.623. The summed E-state index contributed by atoms with van der Waals surface area (Å²) in [5.74, 6) is 2.26. The minimum atomic E-state index is 0.281. The van der Waals surface area contributed by atoms with E-state index in [4.69, 9.17) is 4.42 Å². The summed E-state index contributed by atoms with van der Waals surface area (Å²) in [5, 5.41) is 0. The van der Waals surface area contributed by atoms with E-state index < -0.39 is 0 Å². The number of allylic oxidation sites excluding steroid dienone is 2. The van der Waals surface area contributed by atoms with Gasteiger partial charge in [-0.25, -0.2) is 0 Å². The van der Waals surface area contributed by atoms with Gasteiger partial charge in [-0.2, -0.15) is 0 Å². The highest BCUT2D eigenvalue weighted by Crippen LogP contribution is 2.50. The fraction of sp³-hybridized carbons (Fsp3) is 0.600. The zero-order valence-corrected chi connectivity index (χ0v) is 11.0. The van der Waals surface area contributed by atoms with Crippen molar-refractivity contribution in [1.29, 1.82) is 0 Å². The van der Waals surface area contributed by atoms with E-state index in [0.29, 0.717) is 11.8 Å². The minimum Gasteiger partial charge on any atom is -0.468 e. The first-order valence-electron chi connectivity index (χ1n) is 6.14. The van der Waals surface area contributed by atoms with Crippen LogP contribution in [0.3, 0.4) is 0 Å². The average Bonchev–Trinajstić information content (AvgIpc) is 2.59. The van der Waals surface area contributed by atoms with Crippen molar-refractivity contribution in [3.05, 3.63) is 35.3 Å². The zero-order valence-electron chi connectivity index (χ0n) is 11.0. The lowest BCUT2D eigenvalue weighted by atomic mass is 9.62. The maximum absolute atomic E-state index is 5.72. The molecule has 1 aromatic rings. The molecule has 0 saturated carbocycles. The van der Waals surface area contributed by atoms with Gasteiger partial charge in [-0.1, -0.05) is 32.4 Å². The fourth-order valence-corrected chi connectivity index (χ4v) is 2.85. The van der Waals surface area contributed by atoms with Gasteiger partial charge in [-0.15, -0.1) is 0 Å². The van der Waals surface area contributed by atoms with Crippen LogP contribution in [0.15, 0.2) is 28.4 Å². The van der Waals surface area contributed by atoms with Crippen LogP contribution in [0.1, 0.15) is 51.4 Å². The molecule has 0 aliphatic heterocycles. The number of hydrogen-bond acceptors (Lipinski definition) is 1. The van der Waals surface area contributed by atoms with Crippen LogP contribution in [0.5, 0.6) is 0 Å². The van der Waals surface area contributed by atoms with E-state index in [-0.39, 0.29) is 5.41 Å². The number of aryl methyl sites for hydroxylation is 1. The lowest BCUT2D eigenvalue weighted by Crippen LogP contribution is -2.32. The normalized spacial score (nSPS) is 28.9. The molecule has 1 aromatic heterocycles. The highest BCUT2D eigenvalue weighted by molar-refractivity contribution is 5.29. The Balaban J connectivity index is 2.44. The van der Waals surface area contributed by atoms with Crippen LogP contribution in [-0.4, -0.2) is 0 Å². The van der Waals surface area contributed by atoms with Crippen LogP contribution in [0, 0.1) is 18.3 Å². The Labute approximate surface area is 98.5 Å². The van der Waals surface area contributed by atoms with Crippen molar-refractivity contribution in [1.82, 2.24) is 0 Å². The number of rotatable bonds is 1. The Bertz CT molecular complexity index is 409. The molecule has 0 N–H and O–H groups in total. The van der Waals surface area contributed by atoms with Gasteiger partial charge >= 0.3 is 0 Å². The molecule has 1 heterocycles. The average molecular weight is 218 g/mol. The lowest BCUT2D eigenvalue weighted by molar-refractivity contribution is 0.169. The first kappa shape index (κ1) is 11.5. The second kappa shape index (κ2) is 3.80. The van der Waals surface area contributed by atoms with Gasteiger partial charge in [-0.05, 0) is 43.2 Å². The molecular formula is C15H22O. The molecule has 0 spiro atoms. The second-order valence-electron chi connectivity index (χ2n) is 5.87. The largest absolute Gasteiger partial charge is 0.468 e. The van der Waals surface area contributed by atoms with Gasteiger partial charge in [0.05, 0.1) is 6.26 Å². The standard InChI is InChI=1S/C15H22O/c1-10-8-13(16-9-10)14-11(2)6-7-12(3)15(14,4)5/h6,8-9,12,14H,7H2,1-5H3. The monoisotopic (exact) mass is 218 g/mol. The molecule has 1 nitrogen and oxygen atoms in total. The summed E-state index contributed by atoms with van der Waals surface area (Å²) < 4.78 is 5.72. The van der Waals surface area contributed by atoms with Gasteiger partial charge in [-0.3, -0.25) is 0 Å². The van der Waals surface area contributed by atoms with Gasteiger partial charge in [0.2, 0.25) is 0 Å². The summed E-state index contributed by atoms with van der Waals surface area (Å²) in [6, 6.07) is 2.18. The molecule has 1 heteroatoms. The molecule has 0 bridgehead atoms. The summed E-state index contributed by atoms with van der Waals surface area (Å²) in [4.78, 5) is 0. The molecular weight excluding hydrogens is 196 g/mol. The van der Waals surface area contributed by atoms with E-state index in [9.17, 15) is 0 Å². The zero-order chi connectivity index (χ0) is 11.9. The van der Waals surface area contributed by atoms with Gasteiger partial charge in [0.25, 0.3) is 0 Å². The molecule has 0 amide bonds. The van der Waals surface area contributed by atoms with E-state index in [0.717, 1.165) is 5.76 Å². The maximum atomic E-state index is 5.72. The Kier molecular flexibility index (Phi) is 2.73. The molecule has 1 aliphatic rings. The number of hydrogen-bond donors (Lipinski definition) is 0. The van der Waals surface area contributed by atoms with Crippen molar-refractivity contribution in [3.63, 3.8) is 0 Å². The smallest absolute Gasteiger partial charge is 0.111 e. The van der Waals surface area contributed by atoms with Gasteiger partial charge in [0.15, 0.2) is 0 Å². The third-order valence-electron chi connectivity index (χ3n) is 4.30. The first-order chi connectivity index (χ1) is 7.43. The first-order valence-corrected chi connectivity index (χ1v) is 6.14. The molecule has 0 saturated heterocycles. The van der Waals surface area contributed by atoms with Crippen molar-refractivity contribution >= 4 is 0 Å². The summed E-state index contributed by atoms with van der Waals surface area (Å²) >= 11 is 0. The molecule has 1 aliphatic carbocycles. The summed E-state index contributed by atoms with van der Waals surface area (Å²) in [5.41, 5.74) is 2.96. The Morgan fingerprint density at radius 2 is 2.00 bits per heavy atom. The number of furan rings is 1. The highest BCUT2D eigenvalue weighted by Gasteiger charge is 2.40. The van der Waals surface area contributed by atoms with E-state index in [1.165, 1.54) is 17.6 Å². The van der Waals surface area contributed by atoms with Crippen molar-refractivity contribution < 1.29 is 4.42 Å². The summed E-state index contributed by atoms with van der Waals surface area (Å²) in [6.45, 7) is 11.4. The fourth-order valence-electron chi connectivity index (χ4n) is 2.85. The second-order valence-corrected chi connectivity index (χ2v) is 5.87. The van der Waals surface area contributed by atoms with Crippen LogP contribution >= 0.6 is 0 Å². The van der Waals surface area contributed by atoms with Crippen LogP contribution < -0.4 is 0 Å². The van der Waals surface area contributed by atoms with Gasteiger partial charge in [0, 0.05) is 5.92 Å². The lowest BCUT2D eigenvalue weighted by Gasteiger charge is -2.42. The van der Waals surface area contributed by atoms with Crippen LogP contribution in [0.4, 0.5) is 0 Å². The molecule has 88 valence electrons. The van der Waals surface area contributed by atoms with E-state index in [1.807, 2.05) is 6.26 Å². The van der Waals surface area contributed by atoms with Crippen LogP contribution in [0.25, 0.3) is 0 Å². The van der Waals surface area contributed by atoms with Gasteiger partial charge in [0.1, 0.15) is 5.76 Å². The molecule has 0 aromatic carbocycles. The van der Waals surface area contributed by atoms with Crippen molar-refractivity contribution in [2.24, 2.45) is 11.3 Å². The van der Waals surface area contributed by atoms with E-state index in [2.05, 4.69) is 46.8 Å². The topological polar surface area (TPSA) is 13.1 Å². The predicted octanol–water partition coefficient (Wildman–Crippen LogP) is 4.68. The van der Waals surface area contributed by atoms with E-state index in [1.54, 1.807) is 0 Å². The van der Waals surface area contributed by atoms with E-state index >= 15 is 0 Å². The van der Waals surface area contributed by atoms with Crippen LogP contribution in [-0.2, 0) is 0 Å². The van der Waals surface area contributed by atoms with Crippen molar-refractivity contribution in [2.45, 2.75) is 47.0 Å². The summed E-state index contributed by atoms with van der Waals surface area (Å²) in [7, 11) is 0. The molecule has 2 rings (SSSR count). The third kappa shape index (κ3) is 1.73. The predicted molar refractivity (Wildman–Crippen MR) is 67.5 cm³/mol. The SMILES string of the molecule is CC1=CCC(C)C(C)(C)C1c1cc(C)co1. The molecule has 16 heavy (non-hydrogen) atoms. The Morgan fingerprint density at radius 1 is 1.31 bits per heavy atom. The molecule has 2 unspecified atom stereocenters. The van der Waals surface area contributed by atoms with Crippen LogP contribution in [0.2, 0.25) is 0 Å². The minimum absolute atomic E-state index is 0.281. The maximum Gasteiger partial charge on any atom is 0.111 e. The van der Waals surface area contributed by atoms with Crippen molar-refractivity contribution in [3.8, 4) is 0 Å². The summed E-state index contributed by atoms with van der Waals surface area (Å²) in [6.07, 6.45) is 5.42. The molecule has 0 fully saturated rings. The highest BCUT2D eigenvalue weighted by atomic mass is 16.3. The third-order valence-corrected chi connectivity index (χ3v) is 4.30. The van der Waals surface area contributed by atoms with Gasteiger partial charge < -0.3 is 4.42 Å².